The second-order valence-corrected chi connectivity index (χ2v) is 4.90. The predicted octanol–water partition coefficient (Wildman–Crippen LogP) is 2.67. The molecule has 0 radical (unpaired) electrons. The second kappa shape index (κ2) is 5.36. The van der Waals surface area contributed by atoms with E-state index in [1.807, 2.05) is 49.1 Å². The van der Waals surface area contributed by atoms with Crippen molar-refractivity contribution < 1.29 is 9.53 Å². The average molecular weight is 281 g/mol. The number of benzene rings is 1. The van der Waals surface area contributed by atoms with Crippen molar-refractivity contribution in [3.05, 3.63) is 53.5 Å². The van der Waals surface area contributed by atoms with E-state index in [9.17, 15) is 4.79 Å². The van der Waals surface area contributed by atoms with Crippen molar-refractivity contribution in [3.8, 4) is 5.75 Å². The highest BCUT2D eigenvalue weighted by molar-refractivity contribution is 5.79. The molecule has 0 aliphatic rings. The van der Waals surface area contributed by atoms with Gasteiger partial charge in [-0.25, -0.2) is 4.98 Å². The standard InChI is InChI=1S/C16H15N3O2/c1-11-3-6-16(14(9-20)18-11)21-10-12-4-5-13-8-17-19(2)15(13)7-12/h3-9H,10H2,1-2H3. The first-order valence-electron chi connectivity index (χ1n) is 6.63. The molecule has 21 heavy (non-hydrogen) atoms. The highest BCUT2D eigenvalue weighted by atomic mass is 16.5. The molecule has 2 heterocycles. The van der Waals surface area contributed by atoms with E-state index in [4.69, 9.17) is 4.74 Å². The maximum Gasteiger partial charge on any atom is 0.172 e. The molecule has 5 heteroatoms. The van der Waals surface area contributed by atoms with Gasteiger partial charge < -0.3 is 4.74 Å². The molecule has 5 nitrogen and oxygen atoms in total. The van der Waals surface area contributed by atoms with Gasteiger partial charge in [0.05, 0.1) is 11.7 Å². The SMILES string of the molecule is Cc1ccc(OCc2ccc3cnn(C)c3c2)c(C=O)n1. The number of aromatic nitrogens is 3. The maximum absolute atomic E-state index is 11.0. The maximum atomic E-state index is 11.0. The van der Waals surface area contributed by atoms with Crippen LogP contribution in [0.4, 0.5) is 0 Å². The van der Waals surface area contributed by atoms with Crippen LogP contribution in [0.1, 0.15) is 21.7 Å². The first-order chi connectivity index (χ1) is 10.2. The first-order valence-corrected chi connectivity index (χ1v) is 6.63. The number of hydrogen-bond acceptors (Lipinski definition) is 4. The Bertz CT molecular complexity index is 808. The number of fused-ring (bicyclic) bond motifs is 1. The molecule has 0 spiro atoms. The fourth-order valence-corrected chi connectivity index (χ4v) is 2.21. The van der Waals surface area contributed by atoms with Crippen molar-refractivity contribution >= 4 is 17.2 Å². The Morgan fingerprint density at radius 2 is 2.14 bits per heavy atom. The number of carbonyl (C=O) groups excluding carboxylic acids is 1. The number of hydrogen-bond donors (Lipinski definition) is 0. The molecule has 0 saturated heterocycles. The summed E-state index contributed by atoms with van der Waals surface area (Å²) in [4.78, 5) is 15.2. The summed E-state index contributed by atoms with van der Waals surface area (Å²) in [5, 5.41) is 5.30. The number of rotatable bonds is 4. The van der Waals surface area contributed by atoms with E-state index >= 15 is 0 Å². The van der Waals surface area contributed by atoms with E-state index in [2.05, 4.69) is 10.1 Å². The fraction of sp³-hybridized carbons (Fsp3) is 0.188. The molecule has 106 valence electrons. The van der Waals surface area contributed by atoms with Crippen molar-refractivity contribution in [2.45, 2.75) is 13.5 Å². The minimum absolute atomic E-state index is 0.330. The summed E-state index contributed by atoms with van der Waals surface area (Å²) in [5.74, 6) is 0.501. The summed E-state index contributed by atoms with van der Waals surface area (Å²) in [6, 6.07) is 9.63. The molecule has 0 fully saturated rings. The number of aldehydes is 1. The normalized spacial score (nSPS) is 10.8. The highest BCUT2D eigenvalue weighted by Gasteiger charge is 2.06. The van der Waals surface area contributed by atoms with Crippen LogP contribution in [-0.2, 0) is 13.7 Å². The third-order valence-corrected chi connectivity index (χ3v) is 3.34. The van der Waals surface area contributed by atoms with Crippen molar-refractivity contribution in [2.75, 3.05) is 0 Å². The van der Waals surface area contributed by atoms with Crippen LogP contribution in [0.3, 0.4) is 0 Å². The van der Waals surface area contributed by atoms with E-state index in [0.29, 0.717) is 24.3 Å². The monoisotopic (exact) mass is 281 g/mol. The van der Waals surface area contributed by atoms with Crippen molar-refractivity contribution in [1.29, 1.82) is 0 Å². The average Bonchev–Trinajstić information content (AvgIpc) is 2.87. The van der Waals surface area contributed by atoms with E-state index in [1.165, 1.54) is 0 Å². The zero-order chi connectivity index (χ0) is 14.8. The molecule has 0 atom stereocenters. The lowest BCUT2D eigenvalue weighted by atomic mass is 10.2. The first kappa shape index (κ1) is 13.3. The number of ether oxygens (including phenoxy) is 1. The topological polar surface area (TPSA) is 57.0 Å². The minimum Gasteiger partial charge on any atom is -0.487 e. The smallest absolute Gasteiger partial charge is 0.172 e. The van der Waals surface area contributed by atoms with E-state index in [0.717, 1.165) is 22.2 Å². The summed E-state index contributed by atoms with van der Waals surface area (Å²) in [6.45, 7) is 2.22. The molecule has 2 aromatic heterocycles. The van der Waals surface area contributed by atoms with Gasteiger partial charge in [-0.3, -0.25) is 9.48 Å². The van der Waals surface area contributed by atoms with Crippen LogP contribution >= 0.6 is 0 Å². The van der Waals surface area contributed by atoms with Gasteiger partial charge in [-0.05, 0) is 30.7 Å². The summed E-state index contributed by atoms with van der Waals surface area (Å²) >= 11 is 0. The van der Waals surface area contributed by atoms with Crippen LogP contribution < -0.4 is 4.74 Å². The molecular formula is C16H15N3O2. The summed E-state index contributed by atoms with van der Waals surface area (Å²) < 4.78 is 7.53. The molecular weight excluding hydrogens is 266 g/mol. The van der Waals surface area contributed by atoms with E-state index in [1.54, 1.807) is 6.07 Å². The van der Waals surface area contributed by atoms with Gasteiger partial charge >= 0.3 is 0 Å². The third-order valence-electron chi connectivity index (χ3n) is 3.34. The number of pyridine rings is 1. The Hall–Kier alpha value is -2.69. The quantitative estimate of drug-likeness (QED) is 0.690. The Balaban J connectivity index is 1.83. The van der Waals surface area contributed by atoms with Gasteiger partial charge in [0.25, 0.3) is 0 Å². The Kier molecular flexibility index (Phi) is 3.39. The van der Waals surface area contributed by atoms with E-state index < -0.39 is 0 Å². The molecule has 0 N–H and O–H groups in total. The van der Waals surface area contributed by atoms with Crippen LogP contribution in [0.15, 0.2) is 36.5 Å². The van der Waals surface area contributed by atoms with Gasteiger partial charge in [-0.2, -0.15) is 5.10 Å². The zero-order valence-corrected chi connectivity index (χ0v) is 11.9. The van der Waals surface area contributed by atoms with Crippen molar-refractivity contribution in [1.82, 2.24) is 14.8 Å². The largest absolute Gasteiger partial charge is 0.487 e. The Morgan fingerprint density at radius 1 is 1.29 bits per heavy atom. The molecule has 0 aliphatic carbocycles. The Labute approximate surface area is 122 Å². The minimum atomic E-state index is 0.330. The van der Waals surface area contributed by atoms with Crippen molar-refractivity contribution in [3.63, 3.8) is 0 Å². The van der Waals surface area contributed by atoms with Gasteiger partial charge in [0.1, 0.15) is 18.1 Å². The number of nitrogens with zero attached hydrogens (tertiary/aromatic N) is 3. The summed E-state index contributed by atoms with van der Waals surface area (Å²) in [7, 11) is 1.90. The molecule has 0 bridgehead atoms. The van der Waals surface area contributed by atoms with Crippen LogP contribution in [-0.4, -0.2) is 21.1 Å². The van der Waals surface area contributed by atoms with Gasteiger partial charge in [-0.1, -0.05) is 12.1 Å². The zero-order valence-electron chi connectivity index (χ0n) is 11.9. The van der Waals surface area contributed by atoms with Crippen LogP contribution in [0, 0.1) is 6.92 Å². The van der Waals surface area contributed by atoms with Gasteiger partial charge in [0, 0.05) is 18.1 Å². The molecule has 3 aromatic rings. The van der Waals surface area contributed by atoms with Gasteiger partial charge in [0.15, 0.2) is 6.29 Å². The number of aryl methyl sites for hydroxylation is 2. The predicted molar refractivity (Wildman–Crippen MR) is 79.4 cm³/mol. The van der Waals surface area contributed by atoms with E-state index in [-0.39, 0.29) is 0 Å². The fourth-order valence-electron chi connectivity index (χ4n) is 2.21. The summed E-state index contributed by atoms with van der Waals surface area (Å²) in [6.07, 6.45) is 2.54. The van der Waals surface area contributed by atoms with Crippen LogP contribution in [0.5, 0.6) is 5.75 Å². The van der Waals surface area contributed by atoms with Gasteiger partial charge in [0.2, 0.25) is 0 Å². The molecule has 0 aliphatic heterocycles. The molecule has 0 unspecified atom stereocenters. The second-order valence-electron chi connectivity index (χ2n) is 4.90. The lowest BCUT2D eigenvalue weighted by Gasteiger charge is -2.09. The molecule has 3 rings (SSSR count). The Morgan fingerprint density at radius 3 is 2.95 bits per heavy atom. The summed E-state index contributed by atoms with van der Waals surface area (Å²) in [5.41, 5.74) is 3.19. The molecule has 0 saturated carbocycles. The molecule has 0 amide bonds. The van der Waals surface area contributed by atoms with Crippen LogP contribution in [0.2, 0.25) is 0 Å². The lowest BCUT2D eigenvalue weighted by molar-refractivity contribution is 0.111. The third kappa shape index (κ3) is 2.63. The van der Waals surface area contributed by atoms with Crippen LogP contribution in [0.25, 0.3) is 10.9 Å². The number of carbonyl (C=O) groups is 1. The molecule has 1 aromatic carbocycles. The van der Waals surface area contributed by atoms with Gasteiger partial charge in [-0.15, -0.1) is 0 Å². The van der Waals surface area contributed by atoms with Crippen molar-refractivity contribution in [2.24, 2.45) is 7.05 Å². The lowest BCUT2D eigenvalue weighted by Crippen LogP contribution is -2.01. The highest BCUT2D eigenvalue weighted by Crippen LogP contribution is 2.19.